The van der Waals surface area contributed by atoms with Crippen LogP contribution in [0.25, 0.3) is 0 Å². The molecule has 1 aromatic heterocycles. The summed E-state index contributed by atoms with van der Waals surface area (Å²) in [7, 11) is 0. The Balaban J connectivity index is 1.31. The molecule has 4 rings (SSSR count). The number of benzene rings is 1. The van der Waals surface area contributed by atoms with Crippen LogP contribution in [0.3, 0.4) is 0 Å². The van der Waals surface area contributed by atoms with Crippen molar-refractivity contribution >= 4 is 17.6 Å². The number of likely N-dealkylation sites (tertiary alicyclic amines) is 1. The Morgan fingerprint density at radius 2 is 1.89 bits per heavy atom. The third kappa shape index (κ3) is 5.89. The molecule has 2 saturated heterocycles. The molecule has 3 heterocycles. The van der Waals surface area contributed by atoms with Crippen molar-refractivity contribution in [3.05, 3.63) is 52.5 Å². The molecule has 0 saturated carbocycles. The zero-order valence-electron chi connectivity index (χ0n) is 20.3. The lowest BCUT2D eigenvalue weighted by atomic mass is 10.0. The van der Waals surface area contributed by atoms with Crippen molar-refractivity contribution in [2.24, 2.45) is 0 Å². The number of hydrogen-bond acceptors (Lipinski definition) is 5. The van der Waals surface area contributed by atoms with Gasteiger partial charge in [0.15, 0.2) is 0 Å². The molecular formula is C26H32FN5O3. The molecule has 35 heavy (non-hydrogen) atoms. The van der Waals surface area contributed by atoms with Crippen molar-refractivity contribution in [2.75, 3.05) is 31.6 Å². The molecule has 1 atom stereocenters. The molecule has 2 fully saturated rings. The Morgan fingerprint density at radius 1 is 1.17 bits per heavy atom. The number of aromatic nitrogens is 1. The van der Waals surface area contributed by atoms with Crippen LogP contribution in [0, 0.1) is 31.0 Å². The van der Waals surface area contributed by atoms with E-state index >= 15 is 0 Å². The number of nitrogens with one attached hydrogen (secondary N) is 2. The summed E-state index contributed by atoms with van der Waals surface area (Å²) >= 11 is 0. The predicted molar refractivity (Wildman–Crippen MR) is 130 cm³/mol. The van der Waals surface area contributed by atoms with Crippen molar-refractivity contribution in [1.82, 2.24) is 14.8 Å². The fourth-order valence-corrected chi connectivity index (χ4v) is 4.83. The first kappa shape index (κ1) is 24.9. The second-order valence-electron chi connectivity index (χ2n) is 9.37. The summed E-state index contributed by atoms with van der Waals surface area (Å²) in [6.45, 7) is 6.78. The minimum absolute atomic E-state index is 0.00555. The molecule has 2 aliphatic rings. The van der Waals surface area contributed by atoms with E-state index in [1.54, 1.807) is 0 Å². The lowest BCUT2D eigenvalue weighted by molar-refractivity contribution is -0.117. The highest BCUT2D eigenvalue weighted by Gasteiger charge is 2.26. The quantitative estimate of drug-likeness (QED) is 0.633. The fraction of sp³-hybridized carbons (Fsp3) is 0.500. The highest BCUT2D eigenvalue weighted by Crippen LogP contribution is 2.28. The van der Waals surface area contributed by atoms with E-state index in [0.29, 0.717) is 36.6 Å². The molecule has 2 aliphatic heterocycles. The Bertz CT molecular complexity index is 1110. The maximum atomic E-state index is 13.1. The number of rotatable bonds is 7. The number of piperidine rings is 1. The summed E-state index contributed by atoms with van der Waals surface area (Å²) in [6, 6.07) is 7.74. The van der Waals surface area contributed by atoms with Crippen molar-refractivity contribution in [3.8, 4) is 6.07 Å². The number of amides is 2. The maximum absolute atomic E-state index is 13.1. The Kier molecular flexibility index (Phi) is 7.83. The van der Waals surface area contributed by atoms with E-state index in [-0.39, 0.29) is 36.3 Å². The van der Waals surface area contributed by atoms with Gasteiger partial charge in [0.25, 0.3) is 5.91 Å². The molecule has 2 aromatic rings. The van der Waals surface area contributed by atoms with Gasteiger partial charge >= 0.3 is 0 Å². The van der Waals surface area contributed by atoms with E-state index in [2.05, 4.69) is 21.6 Å². The average molecular weight is 482 g/mol. The summed E-state index contributed by atoms with van der Waals surface area (Å²) in [5.41, 5.74) is 2.76. The molecule has 9 heteroatoms. The van der Waals surface area contributed by atoms with Crippen molar-refractivity contribution < 1.29 is 18.7 Å². The lowest BCUT2D eigenvalue weighted by Crippen LogP contribution is -2.46. The van der Waals surface area contributed by atoms with Crippen LogP contribution in [0.2, 0.25) is 0 Å². The van der Waals surface area contributed by atoms with E-state index in [9.17, 15) is 19.2 Å². The number of nitriles is 1. The fourth-order valence-electron chi connectivity index (χ4n) is 4.83. The van der Waals surface area contributed by atoms with Crippen LogP contribution < -0.4 is 10.6 Å². The lowest BCUT2D eigenvalue weighted by Gasteiger charge is -2.32. The summed E-state index contributed by atoms with van der Waals surface area (Å²) in [5, 5.41) is 15.7. The molecule has 0 bridgehead atoms. The molecule has 0 radical (unpaired) electrons. The molecule has 8 nitrogen and oxygen atoms in total. The normalized spacial score (nSPS) is 18.9. The molecule has 2 N–H and O–H groups in total. The topological polar surface area (TPSA) is 99.4 Å². The third-order valence-electron chi connectivity index (χ3n) is 7.01. The number of hydrogen-bond donors (Lipinski definition) is 2. The second-order valence-corrected chi connectivity index (χ2v) is 9.37. The van der Waals surface area contributed by atoms with Crippen LogP contribution in [-0.2, 0) is 16.1 Å². The number of halogens is 1. The molecule has 1 unspecified atom stereocenters. The zero-order chi connectivity index (χ0) is 24.9. The predicted octanol–water partition coefficient (Wildman–Crippen LogP) is 3.13. The Morgan fingerprint density at radius 3 is 2.51 bits per heavy atom. The molecule has 2 amide bonds. The third-order valence-corrected chi connectivity index (χ3v) is 7.01. The van der Waals surface area contributed by atoms with Gasteiger partial charge in [-0.05, 0) is 69.4 Å². The average Bonchev–Trinajstić information content (AvgIpc) is 3.43. The smallest absolute Gasteiger partial charge is 0.251 e. The zero-order valence-corrected chi connectivity index (χ0v) is 20.3. The number of anilines is 1. The Hall–Kier alpha value is -3.22. The standard InChI is InChI=1S/C26H32FN5O3/c1-17-18(2)32(15-22-4-3-13-35-22)25(23(17)14-28)30-24(33)16-31-11-9-21(10-12-31)29-26(34)19-5-7-20(27)8-6-19/h5-8,21-22H,3-4,9-13,15-16H2,1-2H3,(H,29,34)(H,30,33). The van der Waals surface area contributed by atoms with E-state index in [1.165, 1.54) is 24.3 Å². The summed E-state index contributed by atoms with van der Waals surface area (Å²) in [6.07, 6.45) is 3.52. The van der Waals surface area contributed by atoms with Gasteiger partial charge in [-0.15, -0.1) is 0 Å². The first-order chi connectivity index (χ1) is 16.9. The van der Waals surface area contributed by atoms with E-state index in [0.717, 1.165) is 43.5 Å². The van der Waals surface area contributed by atoms with Gasteiger partial charge in [-0.25, -0.2) is 4.39 Å². The molecule has 0 spiro atoms. The highest BCUT2D eigenvalue weighted by molar-refractivity contribution is 5.94. The van der Waals surface area contributed by atoms with Gasteiger partial charge < -0.3 is 19.9 Å². The Labute approximate surface area is 205 Å². The number of nitrogens with zero attached hydrogens (tertiary/aromatic N) is 3. The van der Waals surface area contributed by atoms with E-state index < -0.39 is 0 Å². The van der Waals surface area contributed by atoms with Crippen LogP contribution >= 0.6 is 0 Å². The first-order valence-corrected chi connectivity index (χ1v) is 12.2. The van der Waals surface area contributed by atoms with Gasteiger partial charge in [-0.1, -0.05) is 0 Å². The van der Waals surface area contributed by atoms with Gasteiger partial charge in [-0.2, -0.15) is 5.26 Å². The number of carbonyl (C=O) groups excluding carboxylic acids is 2. The minimum atomic E-state index is -0.375. The molecule has 1 aromatic carbocycles. The summed E-state index contributed by atoms with van der Waals surface area (Å²) in [5.74, 6) is -0.215. The van der Waals surface area contributed by atoms with Gasteiger partial charge in [0.05, 0.1) is 24.8 Å². The van der Waals surface area contributed by atoms with Crippen LogP contribution in [-0.4, -0.2) is 59.7 Å². The van der Waals surface area contributed by atoms with Gasteiger partial charge in [0, 0.05) is 37.0 Å². The summed E-state index contributed by atoms with van der Waals surface area (Å²) in [4.78, 5) is 27.4. The molecular weight excluding hydrogens is 449 g/mol. The molecule has 186 valence electrons. The van der Waals surface area contributed by atoms with Crippen molar-refractivity contribution in [3.63, 3.8) is 0 Å². The largest absolute Gasteiger partial charge is 0.376 e. The van der Waals surface area contributed by atoms with Crippen LogP contribution in [0.1, 0.15) is 52.9 Å². The number of carbonyl (C=O) groups is 2. The van der Waals surface area contributed by atoms with Crippen LogP contribution in [0.4, 0.5) is 10.2 Å². The van der Waals surface area contributed by atoms with Gasteiger partial charge in [-0.3, -0.25) is 14.5 Å². The van der Waals surface area contributed by atoms with Crippen molar-refractivity contribution in [2.45, 2.75) is 58.2 Å². The minimum Gasteiger partial charge on any atom is -0.376 e. The van der Waals surface area contributed by atoms with Crippen molar-refractivity contribution in [1.29, 1.82) is 5.26 Å². The van der Waals surface area contributed by atoms with E-state index in [1.807, 2.05) is 18.4 Å². The van der Waals surface area contributed by atoms with Crippen LogP contribution in [0.15, 0.2) is 24.3 Å². The number of ether oxygens (including phenoxy) is 1. The summed E-state index contributed by atoms with van der Waals surface area (Å²) < 4.78 is 20.9. The monoisotopic (exact) mass is 481 g/mol. The molecule has 0 aliphatic carbocycles. The first-order valence-electron chi connectivity index (χ1n) is 12.2. The van der Waals surface area contributed by atoms with E-state index in [4.69, 9.17) is 4.74 Å². The maximum Gasteiger partial charge on any atom is 0.251 e. The van der Waals surface area contributed by atoms with Crippen LogP contribution in [0.5, 0.6) is 0 Å². The van der Waals surface area contributed by atoms with Gasteiger partial charge in [0.1, 0.15) is 17.7 Å². The van der Waals surface area contributed by atoms with Gasteiger partial charge in [0.2, 0.25) is 5.91 Å². The highest BCUT2D eigenvalue weighted by atomic mass is 19.1. The SMILES string of the molecule is Cc1c(C#N)c(NC(=O)CN2CCC(NC(=O)c3ccc(F)cc3)CC2)n(CC2CCCO2)c1C. The second kappa shape index (κ2) is 11.0.